The number of benzene rings is 2. The van der Waals surface area contributed by atoms with Gasteiger partial charge in [0.15, 0.2) is 6.61 Å². The molecular weight excluding hydrogens is 377 g/mol. The van der Waals surface area contributed by atoms with Crippen molar-refractivity contribution in [2.45, 2.75) is 0 Å². The minimum Gasteiger partial charge on any atom is -0.482 e. The maximum atomic E-state index is 11.7. The predicted molar refractivity (Wildman–Crippen MR) is 98.4 cm³/mol. The van der Waals surface area contributed by atoms with E-state index in [9.17, 15) is 9.59 Å². The quantitative estimate of drug-likeness (QED) is 0.606. The molecule has 0 aliphatic heterocycles. The largest absolute Gasteiger partial charge is 0.482 e. The molecule has 0 unspecified atom stereocenters. The van der Waals surface area contributed by atoms with E-state index < -0.39 is 11.8 Å². The zero-order valence-electron chi connectivity index (χ0n) is 13.3. The Labute approximate surface area is 159 Å². The molecule has 0 radical (unpaired) electrons. The van der Waals surface area contributed by atoms with Gasteiger partial charge >= 0.3 is 0 Å². The second kappa shape index (κ2) is 9.47. The number of para-hydroxylation sites is 1. The second-order valence-corrected chi connectivity index (χ2v) is 5.78. The lowest BCUT2D eigenvalue weighted by atomic mass is 10.2. The molecule has 0 spiro atoms. The third-order valence-electron chi connectivity index (χ3n) is 3.07. The van der Waals surface area contributed by atoms with Crippen LogP contribution < -0.4 is 15.6 Å². The SMILES string of the molecule is N#Cc1ccccc1OCC(=O)NNC(=O)/C=C/c1ccc(Cl)cc1Cl. The Kier molecular flexibility index (Phi) is 7.03. The van der Waals surface area contributed by atoms with Crippen LogP contribution >= 0.6 is 23.2 Å². The lowest BCUT2D eigenvalue weighted by Gasteiger charge is -2.08. The van der Waals surface area contributed by atoms with Gasteiger partial charge in [0.2, 0.25) is 0 Å². The minimum absolute atomic E-state index is 0.286. The summed E-state index contributed by atoms with van der Waals surface area (Å²) in [4.78, 5) is 23.4. The summed E-state index contributed by atoms with van der Waals surface area (Å²) in [6.45, 7) is -0.355. The van der Waals surface area contributed by atoms with Gasteiger partial charge in [0, 0.05) is 16.1 Å². The van der Waals surface area contributed by atoms with Gasteiger partial charge in [-0.3, -0.25) is 20.4 Å². The van der Waals surface area contributed by atoms with E-state index in [-0.39, 0.29) is 12.4 Å². The number of hydrazine groups is 1. The number of carbonyl (C=O) groups is 2. The topological polar surface area (TPSA) is 91.2 Å². The molecule has 2 N–H and O–H groups in total. The maximum Gasteiger partial charge on any atom is 0.276 e. The van der Waals surface area contributed by atoms with E-state index in [4.69, 9.17) is 33.2 Å². The van der Waals surface area contributed by atoms with Crippen molar-refractivity contribution in [1.29, 1.82) is 5.26 Å². The Morgan fingerprint density at radius 2 is 1.92 bits per heavy atom. The average Bonchev–Trinajstić information content (AvgIpc) is 2.64. The molecule has 0 fully saturated rings. The third kappa shape index (κ3) is 5.81. The Morgan fingerprint density at radius 1 is 1.15 bits per heavy atom. The normalized spacial score (nSPS) is 10.2. The molecule has 0 heterocycles. The number of halogens is 2. The van der Waals surface area contributed by atoms with Crippen LogP contribution in [0.5, 0.6) is 5.75 Å². The number of nitrogens with one attached hydrogen (secondary N) is 2. The fourth-order valence-electron chi connectivity index (χ4n) is 1.84. The van der Waals surface area contributed by atoms with Crippen LogP contribution in [0.2, 0.25) is 10.0 Å². The van der Waals surface area contributed by atoms with E-state index in [1.54, 1.807) is 42.5 Å². The summed E-state index contributed by atoms with van der Waals surface area (Å²) in [5.74, 6) is -0.848. The van der Waals surface area contributed by atoms with Crippen molar-refractivity contribution >= 4 is 41.1 Å². The highest BCUT2D eigenvalue weighted by Gasteiger charge is 2.07. The number of ether oxygens (including phenoxy) is 1. The van der Waals surface area contributed by atoms with E-state index in [0.29, 0.717) is 21.2 Å². The molecule has 0 bridgehead atoms. The van der Waals surface area contributed by atoms with Crippen LogP contribution in [0.4, 0.5) is 0 Å². The monoisotopic (exact) mass is 389 g/mol. The maximum absolute atomic E-state index is 11.7. The van der Waals surface area contributed by atoms with Crippen LogP contribution in [0, 0.1) is 11.3 Å². The van der Waals surface area contributed by atoms with Crippen molar-refractivity contribution in [3.63, 3.8) is 0 Å². The van der Waals surface area contributed by atoms with E-state index >= 15 is 0 Å². The van der Waals surface area contributed by atoms with Crippen molar-refractivity contribution < 1.29 is 14.3 Å². The molecule has 132 valence electrons. The highest BCUT2D eigenvalue weighted by Crippen LogP contribution is 2.21. The van der Waals surface area contributed by atoms with Crippen LogP contribution in [0.25, 0.3) is 6.08 Å². The van der Waals surface area contributed by atoms with Gasteiger partial charge in [0.25, 0.3) is 11.8 Å². The molecule has 0 aromatic heterocycles. The lowest BCUT2D eigenvalue weighted by Crippen LogP contribution is -2.43. The number of nitrogens with zero attached hydrogens (tertiary/aromatic N) is 1. The number of amides is 2. The number of nitriles is 1. The van der Waals surface area contributed by atoms with Gasteiger partial charge in [-0.15, -0.1) is 0 Å². The van der Waals surface area contributed by atoms with Crippen LogP contribution in [0.15, 0.2) is 48.5 Å². The standard InChI is InChI=1S/C18H13Cl2N3O3/c19-14-7-5-12(15(20)9-14)6-8-17(24)22-23-18(25)11-26-16-4-2-1-3-13(16)10-21/h1-9H,11H2,(H,22,24)(H,23,25)/b8-6+. The molecule has 2 amide bonds. The van der Waals surface area contributed by atoms with E-state index in [0.717, 1.165) is 0 Å². The molecule has 2 aromatic carbocycles. The Balaban J connectivity index is 1.80. The van der Waals surface area contributed by atoms with Crippen LogP contribution in [-0.4, -0.2) is 18.4 Å². The summed E-state index contributed by atoms with van der Waals surface area (Å²) in [5, 5.41) is 9.82. The second-order valence-electron chi connectivity index (χ2n) is 4.93. The molecule has 0 aliphatic rings. The first-order valence-corrected chi connectivity index (χ1v) is 8.09. The Morgan fingerprint density at radius 3 is 2.65 bits per heavy atom. The predicted octanol–water partition coefficient (Wildman–Crippen LogP) is 3.10. The van der Waals surface area contributed by atoms with E-state index in [2.05, 4.69) is 10.9 Å². The average molecular weight is 390 g/mol. The molecule has 0 atom stereocenters. The number of hydrogen-bond acceptors (Lipinski definition) is 4. The third-order valence-corrected chi connectivity index (χ3v) is 3.63. The fourth-order valence-corrected chi connectivity index (χ4v) is 2.31. The smallest absolute Gasteiger partial charge is 0.276 e. The fraction of sp³-hybridized carbons (Fsp3) is 0.0556. The highest BCUT2D eigenvalue weighted by molar-refractivity contribution is 6.35. The molecule has 0 saturated heterocycles. The molecule has 0 aliphatic carbocycles. The summed E-state index contributed by atoms with van der Waals surface area (Å²) in [5.41, 5.74) is 5.33. The van der Waals surface area contributed by atoms with Gasteiger partial charge in [0.1, 0.15) is 11.8 Å². The van der Waals surface area contributed by atoms with Gasteiger partial charge in [-0.05, 0) is 35.9 Å². The van der Waals surface area contributed by atoms with Crippen LogP contribution in [0.1, 0.15) is 11.1 Å². The zero-order valence-corrected chi connectivity index (χ0v) is 14.8. The summed E-state index contributed by atoms with van der Waals surface area (Å²) in [7, 11) is 0. The van der Waals surface area contributed by atoms with Crippen LogP contribution in [0.3, 0.4) is 0 Å². The number of rotatable bonds is 5. The van der Waals surface area contributed by atoms with Crippen molar-refractivity contribution in [2.24, 2.45) is 0 Å². The Hall–Kier alpha value is -3.01. The highest BCUT2D eigenvalue weighted by atomic mass is 35.5. The van der Waals surface area contributed by atoms with Crippen molar-refractivity contribution in [2.75, 3.05) is 6.61 Å². The molecular formula is C18H13Cl2N3O3. The number of carbonyl (C=O) groups excluding carboxylic acids is 2. The lowest BCUT2D eigenvalue weighted by molar-refractivity contribution is -0.128. The minimum atomic E-state index is -0.580. The summed E-state index contributed by atoms with van der Waals surface area (Å²) < 4.78 is 5.24. The molecule has 8 heteroatoms. The zero-order chi connectivity index (χ0) is 18.9. The van der Waals surface area contributed by atoms with Crippen molar-refractivity contribution in [3.05, 3.63) is 69.7 Å². The summed E-state index contributed by atoms with van der Waals surface area (Å²) in [6, 6.07) is 13.3. The number of hydrogen-bond donors (Lipinski definition) is 2. The van der Waals surface area contributed by atoms with Crippen LogP contribution in [-0.2, 0) is 9.59 Å². The molecule has 2 aromatic rings. The molecule has 0 saturated carbocycles. The van der Waals surface area contributed by atoms with Gasteiger partial charge in [-0.25, -0.2) is 0 Å². The Bertz CT molecular complexity index is 891. The van der Waals surface area contributed by atoms with Gasteiger partial charge in [-0.2, -0.15) is 5.26 Å². The van der Waals surface area contributed by atoms with E-state index in [1.165, 1.54) is 12.2 Å². The first-order chi connectivity index (χ1) is 12.5. The summed E-state index contributed by atoms with van der Waals surface area (Å²) >= 11 is 11.8. The first-order valence-electron chi connectivity index (χ1n) is 7.33. The first kappa shape index (κ1) is 19.3. The van der Waals surface area contributed by atoms with Gasteiger partial charge in [0.05, 0.1) is 5.56 Å². The van der Waals surface area contributed by atoms with Crippen molar-refractivity contribution in [1.82, 2.24) is 10.9 Å². The van der Waals surface area contributed by atoms with Gasteiger partial charge in [-0.1, -0.05) is 41.4 Å². The molecule has 26 heavy (non-hydrogen) atoms. The van der Waals surface area contributed by atoms with Crippen molar-refractivity contribution in [3.8, 4) is 11.8 Å². The summed E-state index contributed by atoms with van der Waals surface area (Å²) in [6.07, 6.45) is 2.70. The molecule has 6 nitrogen and oxygen atoms in total. The van der Waals surface area contributed by atoms with E-state index in [1.807, 2.05) is 6.07 Å². The van der Waals surface area contributed by atoms with Gasteiger partial charge < -0.3 is 4.74 Å². The molecule has 2 rings (SSSR count).